The third kappa shape index (κ3) is 2.84. The molecule has 104 valence electrons. The van der Waals surface area contributed by atoms with Crippen LogP contribution in [0.3, 0.4) is 0 Å². The number of ketones is 1. The lowest BCUT2D eigenvalue weighted by Gasteiger charge is -2.02. The maximum Gasteiger partial charge on any atom is 0.338 e. The molecule has 3 rings (SSSR count). The molecule has 21 heavy (non-hydrogen) atoms. The van der Waals surface area contributed by atoms with Crippen molar-refractivity contribution in [3.05, 3.63) is 72.0 Å². The first-order chi connectivity index (χ1) is 10.2. The highest BCUT2D eigenvalue weighted by atomic mass is 16.5. The molecule has 1 heterocycles. The highest BCUT2D eigenvalue weighted by Crippen LogP contribution is 2.19. The SMILES string of the molecule is O=C(OCC(=O)c1cc2ccccc2o1)c1ccccc1. The summed E-state index contributed by atoms with van der Waals surface area (Å²) < 4.78 is 10.4. The zero-order valence-corrected chi connectivity index (χ0v) is 11.1. The van der Waals surface area contributed by atoms with Crippen molar-refractivity contribution in [1.82, 2.24) is 0 Å². The van der Waals surface area contributed by atoms with E-state index < -0.39 is 5.97 Å². The van der Waals surface area contributed by atoms with E-state index in [2.05, 4.69) is 0 Å². The molecule has 0 fully saturated rings. The molecule has 0 aliphatic rings. The highest BCUT2D eigenvalue weighted by molar-refractivity contribution is 6.00. The fourth-order valence-corrected chi connectivity index (χ4v) is 1.98. The molecular weight excluding hydrogens is 268 g/mol. The van der Waals surface area contributed by atoms with E-state index in [1.165, 1.54) is 0 Å². The Morgan fingerprint density at radius 2 is 1.67 bits per heavy atom. The van der Waals surface area contributed by atoms with Gasteiger partial charge in [0.1, 0.15) is 5.58 Å². The number of furan rings is 1. The fraction of sp³-hybridized carbons (Fsp3) is 0.0588. The van der Waals surface area contributed by atoms with Crippen molar-refractivity contribution in [3.63, 3.8) is 0 Å². The predicted octanol–water partition coefficient (Wildman–Crippen LogP) is 3.47. The minimum absolute atomic E-state index is 0.192. The average Bonchev–Trinajstić information content (AvgIpc) is 2.97. The van der Waals surface area contributed by atoms with Crippen LogP contribution >= 0.6 is 0 Å². The lowest BCUT2D eigenvalue weighted by molar-refractivity contribution is 0.0468. The number of esters is 1. The molecule has 4 heteroatoms. The molecule has 0 radical (unpaired) electrons. The second kappa shape index (κ2) is 5.63. The van der Waals surface area contributed by atoms with Gasteiger partial charge in [-0.05, 0) is 24.3 Å². The van der Waals surface area contributed by atoms with Gasteiger partial charge < -0.3 is 9.15 Å². The lowest BCUT2D eigenvalue weighted by Crippen LogP contribution is -2.13. The Morgan fingerprint density at radius 1 is 0.952 bits per heavy atom. The topological polar surface area (TPSA) is 56.5 Å². The van der Waals surface area contributed by atoms with Crippen molar-refractivity contribution in [3.8, 4) is 0 Å². The number of hydrogen-bond acceptors (Lipinski definition) is 4. The van der Waals surface area contributed by atoms with Crippen LogP contribution in [-0.4, -0.2) is 18.4 Å². The van der Waals surface area contributed by atoms with Crippen LogP contribution in [0, 0.1) is 0 Å². The number of benzene rings is 2. The van der Waals surface area contributed by atoms with Crippen molar-refractivity contribution in [1.29, 1.82) is 0 Å². The minimum atomic E-state index is -0.528. The van der Waals surface area contributed by atoms with Crippen LogP contribution in [0.4, 0.5) is 0 Å². The summed E-state index contributed by atoms with van der Waals surface area (Å²) in [6.07, 6.45) is 0. The molecule has 2 aromatic carbocycles. The Morgan fingerprint density at radius 3 is 2.43 bits per heavy atom. The zero-order valence-electron chi connectivity index (χ0n) is 11.1. The summed E-state index contributed by atoms with van der Waals surface area (Å²) in [5.74, 6) is -0.701. The molecule has 0 aliphatic carbocycles. The van der Waals surface area contributed by atoms with Gasteiger partial charge in [-0.25, -0.2) is 4.79 Å². The van der Waals surface area contributed by atoms with E-state index in [1.807, 2.05) is 18.2 Å². The number of para-hydroxylation sites is 1. The lowest BCUT2D eigenvalue weighted by atomic mass is 10.2. The van der Waals surface area contributed by atoms with Crippen molar-refractivity contribution in [2.24, 2.45) is 0 Å². The molecule has 3 aromatic rings. The second-order valence-electron chi connectivity index (χ2n) is 4.51. The number of Topliss-reactive ketones (excluding diaryl/α,β-unsaturated/α-hetero) is 1. The summed E-state index contributed by atoms with van der Waals surface area (Å²) in [4.78, 5) is 23.7. The summed E-state index contributed by atoms with van der Waals surface area (Å²) >= 11 is 0. The summed E-state index contributed by atoms with van der Waals surface area (Å²) in [5.41, 5.74) is 1.05. The Hall–Kier alpha value is -2.88. The van der Waals surface area contributed by atoms with E-state index >= 15 is 0 Å². The van der Waals surface area contributed by atoms with E-state index in [4.69, 9.17) is 9.15 Å². The zero-order chi connectivity index (χ0) is 14.7. The van der Waals surface area contributed by atoms with Gasteiger partial charge in [0.05, 0.1) is 5.56 Å². The number of rotatable bonds is 4. The summed E-state index contributed by atoms with van der Waals surface area (Å²) in [5, 5.41) is 0.843. The molecular formula is C17H12O4. The summed E-state index contributed by atoms with van der Waals surface area (Å²) in [6.45, 7) is -0.340. The van der Waals surface area contributed by atoms with Gasteiger partial charge in [-0.15, -0.1) is 0 Å². The molecule has 0 amide bonds. The van der Waals surface area contributed by atoms with Crippen LogP contribution in [0.5, 0.6) is 0 Å². The fourth-order valence-electron chi connectivity index (χ4n) is 1.98. The Bertz CT molecular complexity index is 754. The number of carbonyl (C=O) groups excluding carboxylic acids is 2. The summed E-state index contributed by atoms with van der Waals surface area (Å²) in [7, 11) is 0. The van der Waals surface area contributed by atoms with E-state index in [0.29, 0.717) is 11.1 Å². The van der Waals surface area contributed by atoms with Crippen LogP contribution in [0.25, 0.3) is 11.0 Å². The van der Waals surface area contributed by atoms with E-state index in [-0.39, 0.29) is 18.2 Å². The number of ether oxygens (including phenoxy) is 1. The van der Waals surface area contributed by atoms with Crippen molar-refractivity contribution in [2.45, 2.75) is 0 Å². The van der Waals surface area contributed by atoms with Gasteiger partial charge in [0, 0.05) is 5.39 Å². The van der Waals surface area contributed by atoms with Crippen LogP contribution in [0.15, 0.2) is 65.1 Å². The van der Waals surface area contributed by atoms with E-state index in [9.17, 15) is 9.59 Å². The Labute approximate surface area is 120 Å². The van der Waals surface area contributed by atoms with Gasteiger partial charge in [-0.3, -0.25) is 4.79 Å². The van der Waals surface area contributed by atoms with Crippen molar-refractivity contribution in [2.75, 3.05) is 6.61 Å². The van der Waals surface area contributed by atoms with Gasteiger partial charge in [0.15, 0.2) is 12.4 Å². The Balaban J connectivity index is 1.68. The normalized spacial score (nSPS) is 10.5. The maximum atomic E-state index is 12.0. The van der Waals surface area contributed by atoms with Crippen LogP contribution < -0.4 is 0 Å². The smallest absolute Gasteiger partial charge is 0.338 e. The summed E-state index contributed by atoms with van der Waals surface area (Å²) in [6, 6.07) is 17.5. The first-order valence-electron chi connectivity index (χ1n) is 6.48. The van der Waals surface area contributed by atoms with Gasteiger partial charge in [-0.1, -0.05) is 36.4 Å². The standard InChI is InChI=1S/C17H12O4/c18-14(11-20-17(19)12-6-2-1-3-7-12)16-10-13-8-4-5-9-15(13)21-16/h1-10H,11H2. The minimum Gasteiger partial charge on any atom is -0.454 e. The van der Waals surface area contributed by atoms with Crippen LogP contribution in [0.1, 0.15) is 20.9 Å². The Kier molecular flexibility index (Phi) is 3.51. The molecule has 0 saturated heterocycles. The van der Waals surface area contributed by atoms with Crippen molar-refractivity contribution < 1.29 is 18.7 Å². The van der Waals surface area contributed by atoms with Gasteiger partial charge in [0.2, 0.25) is 5.78 Å². The number of hydrogen-bond donors (Lipinski definition) is 0. The van der Waals surface area contributed by atoms with Gasteiger partial charge >= 0.3 is 5.97 Å². The van der Waals surface area contributed by atoms with Gasteiger partial charge in [0.25, 0.3) is 0 Å². The third-order valence-corrected chi connectivity index (χ3v) is 3.04. The highest BCUT2D eigenvalue weighted by Gasteiger charge is 2.15. The van der Waals surface area contributed by atoms with Gasteiger partial charge in [-0.2, -0.15) is 0 Å². The maximum absolute atomic E-state index is 12.0. The number of fused-ring (bicyclic) bond motifs is 1. The predicted molar refractivity (Wildman–Crippen MR) is 77.3 cm³/mol. The first-order valence-corrected chi connectivity index (χ1v) is 6.48. The van der Waals surface area contributed by atoms with E-state index in [1.54, 1.807) is 42.5 Å². The molecule has 0 N–H and O–H groups in total. The molecule has 1 aromatic heterocycles. The van der Waals surface area contributed by atoms with Crippen molar-refractivity contribution >= 4 is 22.7 Å². The molecule has 0 unspecified atom stereocenters. The second-order valence-corrected chi connectivity index (χ2v) is 4.51. The molecule has 0 aliphatic heterocycles. The average molecular weight is 280 g/mol. The monoisotopic (exact) mass is 280 g/mol. The molecule has 4 nitrogen and oxygen atoms in total. The third-order valence-electron chi connectivity index (χ3n) is 3.04. The number of carbonyl (C=O) groups is 2. The molecule has 0 atom stereocenters. The van der Waals surface area contributed by atoms with E-state index in [0.717, 1.165) is 5.39 Å². The molecule has 0 spiro atoms. The van der Waals surface area contributed by atoms with Crippen LogP contribution in [-0.2, 0) is 4.74 Å². The quantitative estimate of drug-likeness (QED) is 0.542. The molecule has 0 saturated carbocycles. The first kappa shape index (κ1) is 13.1. The molecule has 0 bridgehead atoms. The largest absolute Gasteiger partial charge is 0.454 e. The van der Waals surface area contributed by atoms with Crippen LogP contribution in [0.2, 0.25) is 0 Å².